The van der Waals surface area contributed by atoms with Gasteiger partial charge in [0.2, 0.25) is 4.77 Å². The molecule has 6 heteroatoms. The fourth-order valence-electron chi connectivity index (χ4n) is 2.15. The zero-order valence-electron chi connectivity index (χ0n) is 12.5. The van der Waals surface area contributed by atoms with E-state index in [1.54, 1.807) is 10.9 Å². The van der Waals surface area contributed by atoms with Crippen LogP contribution in [-0.2, 0) is 6.42 Å². The van der Waals surface area contributed by atoms with Crippen molar-refractivity contribution in [1.29, 1.82) is 0 Å². The number of rotatable bonds is 4. The first-order valence-electron chi connectivity index (χ1n) is 7.24. The van der Waals surface area contributed by atoms with Crippen LogP contribution in [-0.4, -0.2) is 21.1 Å². The normalized spacial score (nSPS) is 11.2. The molecule has 116 valence electrons. The van der Waals surface area contributed by atoms with Gasteiger partial charge in [0.15, 0.2) is 5.82 Å². The van der Waals surface area contributed by atoms with Crippen LogP contribution in [0.15, 0.2) is 53.6 Å². The summed E-state index contributed by atoms with van der Waals surface area (Å²) >= 11 is 11.2. The first-order valence-corrected chi connectivity index (χ1v) is 8.02. The smallest absolute Gasteiger partial charge is 0.216 e. The average molecular weight is 343 g/mol. The molecule has 4 nitrogen and oxygen atoms in total. The van der Waals surface area contributed by atoms with E-state index in [2.05, 4.69) is 34.4 Å². The van der Waals surface area contributed by atoms with Crippen LogP contribution in [0, 0.1) is 4.77 Å². The Morgan fingerprint density at radius 3 is 2.52 bits per heavy atom. The van der Waals surface area contributed by atoms with Crippen molar-refractivity contribution in [1.82, 2.24) is 14.9 Å². The summed E-state index contributed by atoms with van der Waals surface area (Å²) in [5, 5.41) is 12.1. The summed E-state index contributed by atoms with van der Waals surface area (Å²) in [5.41, 5.74) is 3.19. The summed E-state index contributed by atoms with van der Waals surface area (Å²) in [6, 6.07) is 15.6. The molecule has 0 spiro atoms. The predicted octanol–water partition coefficient (Wildman–Crippen LogP) is 4.71. The Morgan fingerprint density at radius 2 is 1.87 bits per heavy atom. The SMILES string of the molecule is CCc1ccc(C=Nn2c(-c3ccc(Cl)cc3)n[nH]c2=S)cc1. The van der Waals surface area contributed by atoms with Gasteiger partial charge in [0.05, 0.1) is 6.21 Å². The van der Waals surface area contributed by atoms with Crippen molar-refractivity contribution in [2.45, 2.75) is 13.3 Å². The second-order valence-electron chi connectivity index (χ2n) is 5.01. The summed E-state index contributed by atoms with van der Waals surface area (Å²) in [7, 11) is 0. The number of aromatic nitrogens is 3. The molecule has 0 saturated carbocycles. The summed E-state index contributed by atoms with van der Waals surface area (Å²) in [5.74, 6) is 0.646. The van der Waals surface area contributed by atoms with Crippen LogP contribution in [0.2, 0.25) is 5.02 Å². The number of H-pyrrole nitrogens is 1. The fourth-order valence-corrected chi connectivity index (χ4v) is 2.45. The highest BCUT2D eigenvalue weighted by Gasteiger charge is 2.07. The highest BCUT2D eigenvalue weighted by Crippen LogP contribution is 2.19. The number of hydrogen-bond donors (Lipinski definition) is 1. The zero-order chi connectivity index (χ0) is 16.2. The van der Waals surface area contributed by atoms with Gasteiger partial charge in [-0.1, -0.05) is 42.8 Å². The van der Waals surface area contributed by atoms with Gasteiger partial charge >= 0.3 is 0 Å². The summed E-state index contributed by atoms with van der Waals surface area (Å²) in [6.45, 7) is 2.13. The summed E-state index contributed by atoms with van der Waals surface area (Å²) in [6.07, 6.45) is 2.79. The molecule has 1 aromatic heterocycles. The monoisotopic (exact) mass is 342 g/mol. The predicted molar refractivity (Wildman–Crippen MR) is 96.7 cm³/mol. The highest BCUT2D eigenvalue weighted by atomic mass is 35.5. The number of nitrogens with zero attached hydrogens (tertiary/aromatic N) is 3. The average Bonchev–Trinajstić information content (AvgIpc) is 2.95. The van der Waals surface area contributed by atoms with Crippen molar-refractivity contribution in [3.63, 3.8) is 0 Å². The van der Waals surface area contributed by atoms with E-state index in [9.17, 15) is 0 Å². The van der Waals surface area contributed by atoms with Gasteiger partial charge < -0.3 is 0 Å². The van der Waals surface area contributed by atoms with E-state index in [4.69, 9.17) is 23.8 Å². The minimum atomic E-state index is 0.441. The van der Waals surface area contributed by atoms with Gasteiger partial charge in [-0.3, -0.25) is 0 Å². The molecule has 23 heavy (non-hydrogen) atoms. The first kappa shape index (κ1) is 15.6. The fraction of sp³-hybridized carbons (Fsp3) is 0.118. The third-order valence-electron chi connectivity index (χ3n) is 3.46. The Kier molecular flexibility index (Phi) is 4.69. The van der Waals surface area contributed by atoms with Gasteiger partial charge in [-0.2, -0.15) is 14.9 Å². The molecule has 0 aliphatic carbocycles. The zero-order valence-corrected chi connectivity index (χ0v) is 14.1. The number of halogens is 1. The van der Waals surface area contributed by atoms with Crippen LogP contribution in [0.4, 0.5) is 0 Å². The number of aromatic amines is 1. The molecule has 0 atom stereocenters. The quantitative estimate of drug-likeness (QED) is 0.551. The van der Waals surface area contributed by atoms with E-state index < -0.39 is 0 Å². The van der Waals surface area contributed by atoms with Crippen molar-refractivity contribution in [3.05, 3.63) is 69.5 Å². The van der Waals surface area contributed by atoms with Gasteiger partial charge in [-0.25, -0.2) is 5.10 Å². The van der Waals surface area contributed by atoms with Crippen LogP contribution in [0.1, 0.15) is 18.1 Å². The van der Waals surface area contributed by atoms with E-state index in [1.165, 1.54) is 5.56 Å². The molecule has 3 rings (SSSR count). The second-order valence-corrected chi connectivity index (χ2v) is 5.83. The molecule has 0 amide bonds. The summed E-state index contributed by atoms with van der Waals surface area (Å²) < 4.78 is 2.04. The second kappa shape index (κ2) is 6.89. The van der Waals surface area contributed by atoms with E-state index in [-0.39, 0.29) is 0 Å². The minimum absolute atomic E-state index is 0.441. The van der Waals surface area contributed by atoms with Gasteiger partial charge in [-0.05, 0) is 54.0 Å². The number of aryl methyl sites for hydroxylation is 1. The lowest BCUT2D eigenvalue weighted by atomic mass is 10.1. The molecule has 2 aromatic carbocycles. The number of nitrogens with one attached hydrogen (secondary N) is 1. The van der Waals surface area contributed by atoms with Crippen LogP contribution in [0.25, 0.3) is 11.4 Å². The number of benzene rings is 2. The maximum atomic E-state index is 5.92. The number of hydrogen-bond acceptors (Lipinski definition) is 3. The lowest BCUT2D eigenvalue weighted by molar-refractivity contribution is 0.871. The van der Waals surface area contributed by atoms with Gasteiger partial charge in [0.1, 0.15) is 0 Å². The molecule has 0 aliphatic heterocycles. The van der Waals surface area contributed by atoms with Crippen molar-refractivity contribution < 1.29 is 0 Å². The minimum Gasteiger partial charge on any atom is -0.250 e. The molecule has 3 aromatic rings. The highest BCUT2D eigenvalue weighted by molar-refractivity contribution is 7.71. The van der Waals surface area contributed by atoms with Crippen LogP contribution in [0.5, 0.6) is 0 Å². The lowest BCUT2D eigenvalue weighted by Gasteiger charge is -2.01. The van der Waals surface area contributed by atoms with Crippen molar-refractivity contribution in [2.24, 2.45) is 5.10 Å². The topological polar surface area (TPSA) is 46.0 Å². The lowest BCUT2D eigenvalue weighted by Crippen LogP contribution is -1.95. The van der Waals surface area contributed by atoms with Crippen molar-refractivity contribution in [3.8, 4) is 11.4 Å². The largest absolute Gasteiger partial charge is 0.250 e. The van der Waals surface area contributed by atoms with E-state index in [0.29, 0.717) is 15.6 Å². The van der Waals surface area contributed by atoms with Crippen LogP contribution < -0.4 is 0 Å². The summed E-state index contributed by atoms with van der Waals surface area (Å²) in [4.78, 5) is 0. The van der Waals surface area contributed by atoms with Crippen molar-refractivity contribution >= 4 is 30.0 Å². The maximum Gasteiger partial charge on any atom is 0.216 e. The maximum absolute atomic E-state index is 5.92. The van der Waals surface area contributed by atoms with E-state index in [0.717, 1.165) is 17.5 Å². The molecular formula is C17H15ClN4S. The molecule has 0 fully saturated rings. The Morgan fingerprint density at radius 1 is 1.17 bits per heavy atom. The van der Waals surface area contributed by atoms with E-state index in [1.807, 2.05) is 36.4 Å². The van der Waals surface area contributed by atoms with Crippen LogP contribution >= 0.6 is 23.8 Å². The van der Waals surface area contributed by atoms with Gasteiger partial charge in [-0.15, -0.1) is 0 Å². The third-order valence-corrected chi connectivity index (χ3v) is 3.98. The molecule has 1 heterocycles. The molecular weight excluding hydrogens is 328 g/mol. The third kappa shape index (κ3) is 3.57. The van der Waals surface area contributed by atoms with E-state index >= 15 is 0 Å². The standard InChI is InChI=1S/C17H15ClN4S/c1-2-12-3-5-13(6-4-12)11-19-22-16(20-21-17(22)23)14-7-9-15(18)10-8-14/h3-11H,2H2,1H3,(H,21,23). The molecule has 0 bridgehead atoms. The first-order chi connectivity index (χ1) is 11.2. The molecule has 0 radical (unpaired) electrons. The molecule has 1 N–H and O–H groups in total. The molecule has 0 aliphatic rings. The molecule has 0 unspecified atom stereocenters. The Balaban J connectivity index is 1.93. The van der Waals surface area contributed by atoms with Crippen LogP contribution in [0.3, 0.4) is 0 Å². The Hall–Kier alpha value is -2.24. The van der Waals surface area contributed by atoms with Crippen molar-refractivity contribution in [2.75, 3.05) is 0 Å². The Labute approximate surface area is 144 Å². The van der Waals surface area contributed by atoms with Gasteiger partial charge in [0, 0.05) is 10.6 Å². The Bertz CT molecular complexity index is 876. The van der Waals surface area contributed by atoms with Gasteiger partial charge in [0.25, 0.3) is 0 Å². The molecule has 0 saturated heterocycles.